The number of carbonyl (C=O) groups excluding carboxylic acids is 1. The number of likely N-dealkylation sites (tertiary alicyclic amines) is 1. The summed E-state index contributed by atoms with van der Waals surface area (Å²) >= 11 is 0. The van der Waals surface area contributed by atoms with Crippen LogP contribution in [0.1, 0.15) is 12.6 Å². The van der Waals surface area contributed by atoms with Crippen LogP contribution in [0.5, 0.6) is 0 Å². The number of nitrogens with zero attached hydrogens (tertiary/aromatic N) is 3. The summed E-state index contributed by atoms with van der Waals surface area (Å²) in [5, 5.41) is 71.8. The first-order chi connectivity index (χ1) is 19.2. The number of carbonyl (C=O) groups is 2. The van der Waals surface area contributed by atoms with Gasteiger partial charge >= 0.3 is 25.7 Å². The molecule has 0 radical (unpaired) electrons. The first-order valence-electron chi connectivity index (χ1n) is 12.0. The standard InChI is InChI=1S/C20H28N5O15P/c21-4-11(29)25-12-7(27)3-19(17(32)33,39-15(12)20(25,35)9(28)5-26)40-41(36)37-6-8-13(30)14(31)16(38-8)24-2-1-10(22)23-18(24)34/h1-2,7-9,12-16,26-28,30-31,35H,3-6,21H2,(H2-,22,23,32,33,34)/p+1. The van der Waals surface area contributed by atoms with E-state index in [1.807, 2.05) is 0 Å². The molecule has 3 saturated heterocycles. The van der Waals surface area contributed by atoms with Crippen LogP contribution in [0.4, 0.5) is 5.82 Å². The number of hydrogen-bond donors (Lipinski definition) is 9. The minimum atomic E-state index is -3.45. The highest BCUT2D eigenvalue weighted by Crippen LogP contribution is 2.51. The Bertz CT molecular complexity index is 1250. The molecule has 1 amide bonds. The molecule has 41 heavy (non-hydrogen) atoms. The first kappa shape index (κ1) is 31.2. The molecule has 3 aliphatic rings. The van der Waals surface area contributed by atoms with E-state index in [1.54, 1.807) is 0 Å². The van der Waals surface area contributed by atoms with E-state index < -0.39 is 112 Å². The Morgan fingerprint density at radius 1 is 1.29 bits per heavy atom. The van der Waals surface area contributed by atoms with E-state index in [0.717, 1.165) is 10.8 Å². The van der Waals surface area contributed by atoms with Gasteiger partial charge in [0.25, 0.3) is 0 Å². The summed E-state index contributed by atoms with van der Waals surface area (Å²) in [7, 11) is -3.45. The van der Waals surface area contributed by atoms with Crippen LogP contribution in [0, 0.1) is 0 Å². The number of aliphatic hydroxyl groups excluding tert-OH is 5. The number of fused-ring (bicyclic) bond motifs is 1. The number of hydrogen-bond acceptors (Lipinski definition) is 17. The summed E-state index contributed by atoms with van der Waals surface area (Å²) in [6.45, 7) is -2.55. The zero-order valence-electron chi connectivity index (χ0n) is 20.9. The van der Waals surface area contributed by atoms with Crippen molar-refractivity contribution in [2.24, 2.45) is 5.73 Å². The monoisotopic (exact) mass is 610 g/mol. The summed E-state index contributed by atoms with van der Waals surface area (Å²) in [5.41, 5.74) is 7.11. The van der Waals surface area contributed by atoms with Crippen molar-refractivity contribution >= 4 is 25.9 Å². The maximum atomic E-state index is 12.7. The number of carboxylic acids is 1. The Morgan fingerprint density at radius 2 is 1.98 bits per heavy atom. The minimum Gasteiger partial charge on any atom is -0.477 e. The number of nitrogen functional groups attached to an aromatic ring is 1. The van der Waals surface area contributed by atoms with Crippen LogP contribution in [0.15, 0.2) is 17.1 Å². The van der Waals surface area contributed by atoms with Gasteiger partial charge in [-0.1, -0.05) is 4.52 Å². The number of aliphatic carboxylic acids is 1. The van der Waals surface area contributed by atoms with E-state index in [4.69, 9.17) is 30.0 Å². The van der Waals surface area contributed by atoms with Gasteiger partial charge in [-0.3, -0.25) is 9.36 Å². The number of amides is 1. The molecule has 20 nitrogen and oxygen atoms in total. The van der Waals surface area contributed by atoms with Gasteiger partial charge < -0.3 is 61.6 Å². The van der Waals surface area contributed by atoms with E-state index in [1.165, 1.54) is 6.07 Å². The lowest BCUT2D eigenvalue weighted by molar-refractivity contribution is -0.398. The Labute approximate surface area is 230 Å². The topological polar surface area (TPSA) is 320 Å². The van der Waals surface area contributed by atoms with Crippen LogP contribution in [0.3, 0.4) is 0 Å². The molecule has 228 valence electrons. The lowest BCUT2D eigenvalue weighted by atomic mass is 9.74. The first-order valence-corrected chi connectivity index (χ1v) is 13.1. The molecular weight excluding hydrogens is 581 g/mol. The number of aromatic nitrogens is 2. The Balaban J connectivity index is 1.47. The molecule has 4 rings (SSSR count). The predicted molar refractivity (Wildman–Crippen MR) is 127 cm³/mol. The van der Waals surface area contributed by atoms with Gasteiger partial charge in [-0.2, -0.15) is 4.98 Å². The molecule has 11 atom stereocenters. The highest BCUT2D eigenvalue weighted by atomic mass is 31.1. The van der Waals surface area contributed by atoms with E-state index in [9.17, 15) is 54.7 Å². The van der Waals surface area contributed by atoms with Gasteiger partial charge in [0.15, 0.2) is 12.0 Å². The van der Waals surface area contributed by atoms with Crippen LogP contribution in [-0.2, 0) is 32.7 Å². The van der Waals surface area contributed by atoms with Crippen molar-refractivity contribution in [2.45, 2.75) is 66.8 Å². The van der Waals surface area contributed by atoms with Crippen molar-refractivity contribution in [1.82, 2.24) is 14.5 Å². The number of ether oxygens (including phenoxy) is 2. The Morgan fingerprint density at radius 3 is 2.56 bits per heavy atom. The number of anilines is 1. The maximum absolute atomic E-state index is 12.7. The molecule has 0 spiro atoms. The lowest BCUT2D eigenvalue weighted by Gasteiger charge is -2.65. The number of carboxylic acid groups (broad SMARTS) is 1. The quantitative estimate of drug-likeness (QED) is 0.111. The molecule has 0 bridgehead atoms. The molecule has 0 aliphatic carbocycles. The Hall–Kier alpha value is -2.72. The summed E-state index contributed by atoms with van der Waals surface area (Å²) in [5.74, 6) is -5.95. The number of rotatable bonds is 10. The van der Waals surface area contributed by atoms with Crippen molar-refractivity contribution in [3.05, 3.63) is 22.7 Å². The van der Waals surface area contributed by atoms with Crippen LogP contribution < -0.4 is 17.2 Å². The molecule has 11 N–H and O–H groups in total. The van der Waals surface area contributed by atoms with Crippen LogP contribution in [0.25, 0.3) is 0 Å². The summed E-state index contributed by atoms with van der Waals surface area (Å²) < 4.78 is 34.3. The van der Waals surface area contributed by atoms with Crippen molar-refractivity contribution in [1.29, 1.82) is 0 Å². The second-order valence-electron chi connectivity index (χ2n) is 9.51. The van der Waals surface area contributed by atoms with Crippen LogP contribution >= 0.6 is 8.25 Å². The molecular formula is C20H29N5O15P+. The summed E-state index contributed by atoms with van der Waals surface area (Å²) in [4.78, 5) is 40.6. The molecule has 1 aromatic heterocycles. The minimum absolute atomic E-state index is 0.105. The highest BCUT2D eigenvalue weighted by molar-refractivity contribution is 7.33. The van der Waals surface area contributed by atoms with Gasteiger partial charge in [-0.15, -0.1) is 4.52 Å². The Kier molecular flexibility index (Phi) is 8.77. The molecule has 0 aromatic carbocycles. The average molecular weight is 610 g/mol. The van der Waals surface area contributed by atoms with Crippen molar-refractivity contribution in [3.63, 3.8) is 0 Å². The van der Waals surface area contributed by atoms with Crippen molar-refractivity contribution in [2.75, 3.05) is 25.5 Å². The lowest BCUT2D eigenvalue weighted by Crippen LogP contribution is -2.88. The molecule has 3 fully saturated rings. The summed E-state index contributed by atoms with van der Waals surface area (Å²) in [6.07, 6.45) is -11.7. The van der Waals surface area contributed by atoms with Gasteiger partial charge in [0.2, 0.25) is 5.91 Å². The average Bonchev–Trinajstić information content (AvgIpc) is 3.20. The smallest absolute Gasteiger partial charge is 0.477 e. The predicted octanol–water partition coefficient (Wildman–Crippen LogP) is -5.72. The van der Waals surface area contributed by atoms with Gasteiger partial charge in [0, 0.05) is 17.2 Å². The van der Waals surface area contributed by atoms with E-state index in [0.29, 0.717) is 4.90 Å². The molecule has 1 aromatic rings. The largest absolute Gasteiger partial charge is 0.701 e. The van der Waals surface area contributed by atoms with Gasteiger partial charge in [-0.25, -0.2) is 9.59 Å². The molecule has 0 saturated carbocycles. The molecule has 3 aliphatic heterocycles. The second-order valence-corrected chi connectivity index (χ2v) is 10.4. The molecule has 4 heterocycles. The fourth-order valence-corrected chi connectivity index (χ4v) is 5.80. The van der Waals surface area contributed by atoms with Crippen molar-refractivity contribution < 1.29 is 68.4 Å². The summed E-state index contributed by atoms with van der Waals surface area (Å²) in [6, 6.07) is -0.181. The fraction of sp³-hybridized carbons (Fsp3) is 0.700. The van der Waals surface area contributed by atoms with E-state index >= 15 is 0 Å². The highest BCUT2D eigenvalue weighted by Gasteiger charge is 2.74. The van der Waals surface area contributed by atoms with Crippen LogP contribution in [0.2, 0.25) is 0 Å². The molecule has 21 heteroatoms. The zero-order valence-corrected chi connectivity index (χ0v) is 21.8. The SMILES string of the molecule is NCC(=O)N1C2C(O)CC(O[P+](=O)OCC3OC(n4ccc(N)nc4=O)C(O)C3O)(C(=O)O)OC2C1(O)C(O)CO. The molecule has 11 unspecified atom stereocenters. The van der Waals surface area contributed by atoms with Gasteiger partial charge in [0.1, 0.15) is 42.9 Å². The fourth-order valence-electron chi connectivity index (χ4n) is 5.04. The van der Waals surface area contributed by atoms with Crippen LogP contribution in [-0.4, -0.2) is 136 Å². The third kappa shape index (κ3) is 5.22. The van der Waals surface area contributed by atoms with Gasteiger partial charge in [0.05, 0.1) is 25.3 Å². The maximum Gasteiger partial charge on any atom is 0.701 e. The number of aliphatic hydroxyl groups is 6. The van der Waals surface area contributed by atoms with E-state index in [-0.39, 0.29) is 5.82 Å². The normalized spacial score (nSPS) is 37.7. The van der Waals surface area contributed by atoms with Gasteiger partial charge in [-0.05, 0) is 6.07 Å². The van der Waals surface area contributed by atoms with E-state index in [2.05, 4.69) is 4.98 Å². The third-order valence-corrected chi connectivity index (χ3v) is 7.87. The number of nitrogens with two attached hydrogens (primary N) is 2. The van der Waals surface area contributed by atoms with Crippen molar-refractivity contribution in [3.8, 4) is 0 Å². The third-order valence-electron chi connectivity index (χ3n) is 7.06. The second kappa shape index (κ2) is 11.5. The zero-order chi connectivity index (χ0) is 30.4.